The molecule has 5 heteroatoms. The SMILES string of the molecule is FCC[C@H](c1ccc(Cl)c(Br)c1)N1CCNCC1. The molecule has 0 aromatic heterocycles. The van der Waals surface area contributed by atoms with Crippen LogP contribution in [-0.4, -0.2) is 37.8 Å². The van der Waals surface area contributed by atoms with E-state index in [2.05, 4.69) is 26.1 Å². The summed E-state index contributed by atoms with van der Waals surface area (Å²) in [5, 5.41) is 4.01. The van der Waals surface area contributed by atoms with Crippen LogP contribution in [-0.2, 0) is 0 Å². The number of hydrogen-bond donors (Lipinski definition) is 1. The van der Waals surface area contributed by atoms with E-state index in [1.165, 1.54) is 0 Å². The summed E-state index contributed by atoms with van der Waals surface area (Å²) in [6.07, 6.45) is 0.536. The molecule has 1 aromatic rings. The second kappa shape index (κ2) is 6.85. The number of hydrogen-bond acceptors (Lipinski definition) is 2. The summed E-state index contributed by atoms with van der Waals surface area (Å²) in [4.78, 5) is 2.34. The van der Waals surface area contributed by atoms with Gasteiger partial charge < -0.3 is 5.32 Å². The molecule has 0 amide bonds. The molecule has 0 aliphatic carbocycles. The van der Waals surface area contributed by atoms with E-state index in [-0.39, 0.29) is 12.7 Å². The monoisotopic (exact) mass is 334 g/mol. The van der Waals surface area contributed by atoms with E-state index in [0.717, 1.165) is 36.2 Å². The molecule has 0 saturated carbocycles. The van der Waals surface area contributed by atoms with Gasteiger partial charge in [0.2, 0.25) is 0 Å². The minimum Gasteiger partial charge on any atom is -0.314 e. The Hall–Kier alpha value is -0.160. The lowest BCUT2D eigenvalue weighted by Crippen LogP contribution is -2.45. The van der Waals surface area contributed by atoms with Crippen LogP contribution in [0.1, 0.15) is 18.0 Å². The van der Waals surface area contributed by atoms with Crippen molar-refractivity contribution in [3.05, 3.63) is 33.3 Å². The van der Waals surface area contributed by atoms with Gasteiger partial charge in [-0.15, -0.1) is 0 Å². The zero-order valence-corrected chi connectivity index (χ0v) is 12.5. The van der Waals surface area contributed by atoms with E-state index >= 15 is 0 Å². The number of alkyl halides is 1. The molecular formula is C13H17BrClFN2. The lowest BCUT2D eigenvalue weighted by Gasteiger charge is -2.35. The van der Waals surface area contributed by atoms with Gasteiger partial charge in [-0.3, -0.25) is 9.29 Å². The minimum absolute atomic E-state index is 0.144. The first-order valence-corrected chi connectivity index (χ1v) is 7.35. The van der Waals surface area contributed by atoms with Gasteiger partial charge in [0, 0.05) is 36.7 Å². The maximum Gasteiger partial charge on any atom is 0.0912 e. The summed E-state index contributed by atoms with van der Waals surface area (Å²) in [5.41, 5.74) is 1.13. The Morgan fingerprint density at radius 3 is 2.72 bits per heavy atom. The highest BCUT2D eigenvalue weighted by Crippen LogP contribution is 2.30. The second-order valence-electron chi connectivity index (χ2n) is 4.45. The second-order valence-corrected chi connectivity index (χ2v) is 5.71. The van der Waals surface area contributed by atoms with Crippen molar-refractivity contribution in [2.24, 2.45) is 0 Å². The zero-order valence-electron chi connectivity index (χ0n) is 10.1. The standard InChI is InChI=1S/C13H17BrClFN2/c14-11-9-10(1-2-12(11)15)13(3-4-16)18-7-5-17-6-8-18/h1-2,9,13,17H,3-8H2/t13-/m1/s1. The Balaban J connectivity index is 2.19. The highest BCUT2D eigenvalue weighted by Gasteiger charge is 2.22. The predicted octanol–water partition coefficient (Wildman–Crippen LogP) is 3.41. The molecule has 18 heavy (non-hydrogen) atoms. The van der Waals surface area contributed by atoms with Crippen molar-refractivity contribution in [1.82, 2.24) is 10.2 Å². The van der Waals surface area contributed by atoms with Crippen LogP contribution in [0.4, 0.5) is 4.39 Å². The fourth-order valence-corrected chi connectivity index (χ4v) is 2.89. The zero-order chi connectivity index (χ0) is 13.0. The molecule has 1 aliphatic heterocycles. The van der Waals surface area contributed by atoms with Crippen molar-refractivity contribution < 1.29 is 4.39 Å². The third-order valence-electron chi connectivity index (χ3n) is 3.30. The number of piperazine rings is 1. The summed E-state index contributed by atoms with van der Waals surface area (Å²) in [6.45, 7) is 3.57. The summed E-state index contributed by atoms with van der Waals surface area (Å²) in [7, 11) is 0. The Kier molecular flexibility index (Phi) is 5.42. The summed E-state index contributed by atoms with van der Waals surface area (Å²) in [5.74, 6) is 0. The fraction of sp³-hybridized carbons (Fsp3) is 0.538. The molecule has 1 aliphatic rings. The van der Waals surface area contributed by atoms with E-state index in [1.54, 1.807) is 0 Å². The van der Waals surface area contributed by atoms with Gasteiger partial charge in [0.25, 0.3) is 0 Å². The quantitative estimate of drug-likeness (QED) is 0.907. The van der Waals surface area contributed by atoms with Crippen LogP contribution in [0.15, 0.2) is 22.7 Å². The molecule has 1 heterocycles. The average Bonchev–Trinajstić information content (AvgIpc) is 2.40. The summed E-state index contributed by atoms with van der Waals surface area (Å²) in [6, 6.07) is 6.01. The Morgan fingerprint density at radius 2 is 2.11 bits per heavy atom. The van der Waals surface area contributed by atoms with Crippen LogP contribution in [0.25, 0.3) is 0 Å². The van der Waals surface area contributed by atoms with Gasteiger partial charge in [-0.05, 0) is 40.0 Å². The van der Waals surface area contributed by atoms with E-state index in [9.17, 15) is 4.39 Å². The van der Waals surface area contributed by atoms with Crippen molar-refractivity contribution in [2.75, 3.05) is 32.9 Å². The largest absolute Gasteiger partial charge is 0.314 e. The third kappa shape index (κ3) is 3.44. The first kappa shape index (κ1) is 14.3. The van der Waals surface area contributed by atoms with Crippen LogP contribution in [0, 0.1) is 0 Å². The molecule has 0 unspecified atom stereocenters. The highest BCUT2D eigenvalue weighted by atomic mass is 79.9. The van der Waals surface area contributed by atoms with Crippen LogP contribution in [0.2, 0.25) is 5.02 Å². The molecule has 1 N–H and O–H groups in total. The van der Waals surface area contributed by atoms with Crippen molar-refractivity contribution in [3.63, 3.8) is 0 Å². The lowest BCUT2D eigenvalue weighted by molar-refractivity contribution is 0.157. The smallest absolute Gasteiger partial charge is 0.0912 e. The molecule has 2 nitrogen and oxygen atoms in total. The molecular weight excluding hydrogens is 319 g/mol. The Bertz CT molecular complexity index is 397. The summed E-state index contributed by atoms with van der Waals surface area (Å²) >= 11 is 9.44. The number of rotatable bonds is 4. The van der Waals surface area contributed by atoms with E-state index in [4.69, 9.17) is 11.6 Å². The number of halogens is 3. The van der Waals surface area contributed by atoms with E-state index in [1.807, 2.05) is 18.2 Å². The maximum absolute atomic E-state index is 12.8. The molecule has 0 spiro atoms. The van der Waals surface area contributed by atoms with Crippen LogP contribution in [0.3, 0.4) is 0 Å². The van der Waals surface area contributed by atoms with Gasteiger partial charge >= 0.3 is 0 Å². The van der Waals surface area contributed by atoms with Gasteiger partial charge in [-0.1, -0.05) is 17.7 Å². The first-order chi connectivity index (χ1) is 8.72. The predicted molar refractivity (Wildman–Crippen MR) is 76.9 cm³/mol. The highest BCUT2D eigenvalue weighted by molar-refractivity contribution is 9.10. The molecule has 1 fully saturated rings. The Morgan fingerprint density at radius 1 is 1.39 bits per heavy atom. The van der Waals surface area contributed by atoms with Crippen molar-refractivity contribution in [2.45, 2.75) is 12.5 Å². The normalized spacial score (nSPS) is 18.8. The van der Waals surface area contributed by atoms with Crippen molar-refractivity contribution >= 4 is 27.5 Å². The van der Waals surface area contributed by atoms with Crippen molar-refractivity contribution in [3.8, 4) is 0 Å². The van der Waals surface area contributed by atoms with Gasteiger partial charge in [0.15, 0.2) is 0 Å². The lowest BCUT2D eigenvalue weighted by atomic mass is 10.0. The molecule has 1 aromatic carbocycles. The third-order valence-corrected chi connectivity index (χ3v) is 4.52. The minimum atomic E-state index is -0.297. The molecule has 1 atom stereocenters. The molecule has 0 radical (unpaired) electrons. The van der Waals surface area contributed by atoms with Gasteiger partial charge in [-0.2, -0.15) is 0 Å². The van der Waals surface area contributed by atoms with Gasteiger partial charge in [0.05, 0.1) is 11.7 Å². The Labute approximate surface area is 121 Å². The molecule has 1 saturated heterocycles. The topological polar surface area (TPSA) is 15.3 Å². The van der Waals surface area contributed by atoms with E-state index < -0.39 is 0 Å². The first-order valence-electron chi connectivity index (χ1n) is 6.18. The molecule has 0 bridgehead atoms. The fourth-order valence-electron chi connectivity index (χ4n) is 2.38. The van der Waals surface area contributed by atoms with E-state index in [0.29, 0.717) is 11.4 Å². The summed E-state index contributed by atoms with van der Waals surface area (Å²) < 4.78 is 13.7. The number of benzene rings is 1. The van der Waals surface area contributed by atoms with Crippen LogP contribution < -0.4 is 5.32 Å². The van der Waals surface area contributed by atoms with Crippen LogP contribution >= 0.6 is 27.5 Å². The molecule has 100 valence electrons. The maximum atomic E-state index is 12.8. The molecule has 2 rings (SSSR count). The number of nitrogens with one attached hydrogen (secondary N) is 1. The average molecular weight is 336 g/mol. The van der Waals surface area contributed by atoms with Crippen molar-refractivity contribution in [1.29, 1.82) is 0 Å². The number of nitrogens with zero attached hydrogens (tertiary/aromatic N) is 1. The van der Waals surface area contributed by atoms with Crippen LogP contribution in [0.5, 0.6) is 0 Å². The van der Waals surface area contributed by atoms with Gasteiger partial charge in [-0.25, -0.2) is 0 Å². The van der Waals surface area contributed by atoms with Gasteiger partial charge in [0.1, 0.15) is 0 Å².